The normalized spacial score (nSPS) is 11.0. The average molecular weight is 421 g/mol. The fraction of sp³-hybridized carbons (Fsp3) is 0.316. The SMILES string of the molecule is COc1ccc([N+](=O)[O-])cc1N(CC(=O)N(C)Cc1ccc(C)cc1)S(C)(=O)=O. The quantitative estimate of drug-likeness (QED) is 0.478. The smallest absolute Gasteiger partial charge is 0.271 e. The predicted octanol–water partition coefficient (Wildman–Crippen LogP) is 2.34. The molecule has 2 rings (SSSR count). The Hall–Kier alpha value is -3.14. The van der Waals surface area contributed by atoms with Crippen molar-refractivity contribution < 1.29 is 22.9 Å². The van der Waals surface area contributed by atoms with Crippen molar-refractivity contribution in [1.82, 2.24) is 4.90 Å². The molecule has 0 heterocycles. The predicted molar refractivity (Wildman–Crippen MR) is 109 cm³/mol. The Morgan fingerprint density at radius 3 is 2.31 bits per heavy atom. The number of sulfonamides is 1. The number of non-ortho nitro benzene ring substituents is 1. The minimum absolute atomic E-state index is 0.0683. The van der Waals surface area contributed by atoms with E-state index in [0.29, 0.717) is 6.54 Å². The van der Waals surface area contributed by atoms with E-state index < -0.39 is 27.4 Å². The summed E-state index contributed by atoms with van der Waals surface area (Å²) in [5.41, 5.74) is 1.60. The molecule has 0 aliphatic carbocycles. The van der Waals surface area contributed by atoms with Crippen LogP contribution in [0.4, 0.5) is 11.4 Å². The highest BCUT2D eigenvalue weighted by Gasteiger charge is 2.27. The van der Waals surface area contributed by atoms with E-state index in [0.717, 1.165) is 27.8 Å². The number of amides is 1. The van der Waals surface area contributed by atoms with Crippen molar-refractivity contribution in [1.29, 1.82) is 0 Å². The van der Waals surface area contributed by atoms with Crippen LogP contribution in [0.1, 0.15) is 11.1 Å². The molecule has 0 spiro atoms. The van der Waals surface area contributed by atoms with Gasteiger partial charge in [-0.25, -0.2) is 8.42 Å². The Labute approximate surface area is 169 Å². The summed E-state index contributed by atoms with van der Waals surface area (Å²) < 4.78 is 30.7. The van der Waals surface area contributed by atoms with Gasteiger partial charge in [0.1, 0.15) is 18.0 Å². The fourth-order valence-electron chi connectivity index (χ4n) is 2.67. The van der Waals surface area contributed by atoms with Crippen LogP contribution in [0.3, 0.4) is 0 Å². The molecule has 0 unspecified atom stereocenters. The zero-order valence-corrected chi connectivity index (χ0v) is 17.5. The second-order valence-corrected chi connectivity index (χ2v) is 8.53. The van der Waals surface area contributed by atoms with Crippen LogP contribution in [0, 0.1) is 17.0 Å². The molecule has 0 N–H and O–H groups in total. The fourth-order valence-corrected chi connectivity index (χ4v) is 3.51. The first-order chi connectivity index (χ1) is 13.5. The number of ether oxygens (including phenoxy) is 1. The lowest BCUT2D eigenvalue weighted by molar-refractivity contribution is -0.384. The van der Waals surface area contributed by atoms with Gasteiger partial charge in [0.05, 0.1) is 18.3 Å². The number of nitro groups is 1. The molecule has 0 radical (unpaired) electrons. The van der Waals surface area contributed by atoms with Gasteiger partial charge in [0, 0.05) is 25.7 Å². The zero-order chi connectivity index (χ0) is 21.8. The van der Waals surface area contributed by atoms with Gasteiger partial charge >= 0.3 is 0 Å². The van der Waals surface area contributed by atoms with Gasteiger partial charge in [0.2, 0.25) is 15.9 Å². The number of nitrogens with zero attached hydrogens (tertiary/aromatic N) is 3. The van der Waals surface area contributed by atoms with E-state index in [1.165, 1.54) is 24.1 Å². The molecule has 156 valence electrons. The van der Waals surface area contributed by atoms with E-state index in [1.54, 1.807) is 7.05 Å². The van der Waals surface area contributed by atoms with Crippen LogP contribution in [0.15, 0.2) is 42.5 Å². The van der Waals surface area contributed by atoms with Crippen LogP contribution < -0.4 is 9.04 Å². The van der Waals surface area contributed by atoms with Crippen molar-refractivity contribution in [2.75, 3.05) is 31.3 Å². The summed E-state index contributed by atoms with van der Waals surface area (Å²) in [6.07, 6.45) is 0.929. The third kappa shape index (κ3) is 5.67. The molecule has 29 heavy (non-hydrogen) atoms. The molecule has 0 atom stereocenters. The highest BCUT2D eigenvalue weighted by atomic mass is 32.2. The Morgan fingerprint density at radius 2 is 1.79 bits per heavy atom. The van der Waals surface area contributed by atoms with E-state index in [9.17, 15) is 23.3 Å². The Bertz CT molecular complexity index is 1010. The van der Waals surface area contributed by atoms with Gasteiger partial charge in [-0.1, -0.05) is 29.8 Å². The Balaban J connectivity index is 2.32. The molecule has 2 aromatic carbocycles. The van der Waals surface area contributed by atoms with Crippen LogP contribution >= 0.6 is 0 Å². The molecule has 10 heteroatoms. The monoisotopic (exact) mass is 421 g/mol. The number of carbonyl (C=O) groups excluding carboxylic acids is 1. The minimum atomic E-state index is -3.92. The number of likely N-dealkylation sites (N-methyl/N-ethyl adjacent to an activating group) is 1. The lowest BCUT2D eigenvalue weighted by atomic mass is 10.1. The molecular weight excluding hydrogens is 398 g/mol. The van der Waals surface area contributed by atoms with Gasteiger partial charge in [-0.05, 0) is 18.6 Å². The molecule has 0 aliphatic rings. The van der Waals surface area contributed by atoms with Crippen molar-refractivity contribution in [3.05, 3.63) is 63.7 Å². The first-order valence-electron chi connectivity index (χ1n) is 8.62. The molecule has 0 aromatic heterocycles. The van der Waals surface area contributed by atoms with Gasteiger partial charge in [-0.2, -0.15) is 0 Å². The topological polar surface area (TPSA) is 110 Å². The van der Waals surface area contributed by atoms with Crippen molar-refractivity contribution >= 4 is 27.3 Å². The van der Waals surface area contributed by atoms with E-state index in [4.69, 9.17) is 4.74 Å². The second-order valence-electron chi connectivity index (χ2n) is 6.62. The lowest BCUT2D eigenvalue weighted by Crippen LogP contribution is -2.41. The van der Waals surface area contributed by atoms with Crippen LogP contribution in [0.25, 0.3) is 0 Å². The summed E-state index contributed by atoms with van der Waals surface area (Å²) in [5, 5.41) is 11.1. The van der Waals surface area contributed by atoms with Crippen molar-refractivity contribution in [3.8, 4) is 5.75 Å². The van der Waals surface area contributed by atoms with Gasteiger partial charge in [0.25, 0.3) is 5.69 Å². The maximum Gasteiger partial charge on any atom is 0.271 e. The van der Waals surface area contributed by atoms with Crippen molar-refractivity contribution in [2.45, 2.75) is 13.5 Å². The number of carbonyl (C=O) groups is 1. The molecule has 1 amide bonds. The first-order valence-corrected chi connectivity index (χ1v) is 10.5. The summed E-state index contributed by atoms with van der Waals surface area (Å²) in [6.45, 7) is 1.73. The summed E-state index contributed by atoms with van der Waals surface area (Å²) in [5.74, 6) is -0.362. The standard InChI is InChI=1S/C19H23N3O6S/c1-14-5-7-15(8-6-14)12-20(2)19(23)13-21(29(4,26)27)17-11-16(22(24)25)9-10-18(17)28-3/h5-11H,12-13H2,1-4H3. The minimum Gasteiger partial charge on any atom is -0.495 e. The van der Waals surface area contributed by atoms with E-state index in [1.807, 2.05) is 31.2 Å². The molecule has 0 aliphatic heterocycles. The van der Waals surface area contributed by atoms with Crippen molar-refractivity contribution in [3.63, 3.8) is 0 Å². The van der Waals surface area contributed by atoms with E-state index in [-0.39, 0.29) is 17.1 Å². The maximum atomic E-state index is 12.7. The highest BCUT2D eigenvalue weighted by Crippen LogP contribution is 2.33. The number of aryl methyl sites for hydroxylation is 1. The van der Waals surface area contributed by atoms with Gasteiger partial charge in [-0.3, -0.25) is 19.2 Å². The van der Waals surface area contributed by atoms with Crippen LogP contribution in [-0.2, 0) is 21.4 Å². The molecule has 9 nitrogen and oxygen atoms in total. The second kappa shape index (κ2) is 8.91. The summed E-state index contributed by atoms with van der Waals surface area (Å²) in [6, 6.07) is 11.2. The average Bonchev–Trinajstić information content (AvgIpc) is 2.66. The number of rotatable bonds is 8. The molecule has 0 saturated carbocycles. The lowest BCUT2D eigenvalue weighted by Gasteiger charge is -2.26. The van der Waals surface area contributed by atoms with Gasteiger partial charge in [-0.15, -0.1) is 0 Å². The third-order valence-electron chi connectivity index (χ3n) is 4.29. The summed E-state index contributed by atoms with van der Waals surface area (Å²) in [4.78, 5) is 24.6. The van der Waals surface area contributed by atoms with E-state index >= 15 is 0 Å². The molecule has 2 aromatic rings. The van der Waals surface area contributed by atoms with Crippen LogP contribution in [0.5, 0.6) is 5.75 Å². The first kappa shape index (κ1) is 22.2. The van der Waals surface area contributed by atoms with Crippen molar-refractivity contribution in [2.24, 2.45) is 0 Å². The number of hydrogen-bond acceptors (Lipinski definition) is 6. The van der Waals surface area contributed by atoms with Crippen LogP contribution in [0.2, 0.25) is 0 Å². The number of nitro benzene ring substituents is 1. The Morgan fingerprint density at radius 1 is 1.17 bits per heavy atom. The highest BCUT2D eigenvalue weighted by molar-refractivity contribution is 7.92. The number of anilines is 1. The molecular formula is C19H23N3O6S. The van der Waals surface area contributed by atoms with Gasteiger partial charge in [0.15, 0.2) is 0 Å². The molecule has 0 bridgehead atoms. The van der Waals surface area contributed by atoms with E-state index in [2.05, 4.69) is 0 Å². The zero-order valence-electron chi connectivity index (χ0n) is 16.7. The number of benzene rings is 2. The van der Waals surface area contributed by atoms with Gasteiger partial charge < -0.3 is 9.64 Å². The third-order valence-corrected chi connectivity index (χ3v) is 5.41. The largest absolute Gasteiger partial charge is 0.495 e. The Kier molecular flexibility index (Phi) is 6.80. The molecule has 0 saturated heterocycles. The number of hydrogen-bond donors (Lipinski definition) is 0. The maximum absolute atomic E-state index is 12.7. The van der Waals surface area contributed by atoms with Crippen LogP contribution in [-0.4, -0.2) is 51.1 Å². The number of methoxy groups -OCH3 is 1. The molecule has 0 fully saturated rings. The summed E-state index contributed by atoms with van der Waals surface area (Å²) in [7, 11) is -1.04. The summed E-state index contributed by atoms with van der Waals surface area (Å²) >= 11 is 0.